The smallest absolute Gasteiger partial charge is 0.276 e. The van der Waals surface area contributed by atoms with E-state index in [0.717, 1.165) is 5.56 Å². The summed E-state index contributed by atoms with van der Waals surface area (Å²) in [6.07, 6.45) is 1.75. The quantitative estimate of drug-likeness (QED) is 0.696. The van der Waals surface area contributed by atoms with Crippen molar-refractivity contribution < 1.29 is 9.59 Å². The van der Waals surface area contributed by atoms with Gasteiger partial charge in [-0.1, -0.05) is 30.3 Å². The fourth-order valence-electron chi connectivity index (χ4n) is 2.51. The number of nitrogens with zero attached hydrogens (tertiary/aromatic N) is 2. The van der Waals surface area contributed by atoms with Crippen LogP contribution in [0.25, 0.3) is 0 Å². The zero-order valence-corrected chi connectivity index (χ0v) is 15.4. The molecular weight excluding hydrogens is 348 g/mol. The van der Waals surface area contributed by atoms with E-state index in [1.165, 1.54) is 11.3 Å². The minimum Gasteiger partial charge on any atom is -0.345 e. The van der Waals surface area contributed by atoms with E-state index in [0.29, 0.717) is 22.8 Å². The van der Waals surface area contributed by atoms with Gasteiger partial charge in [0.05, 0.1) is 11.6 Å². The standard InChI is InChI=1S/C19H20N4O2S/c1-3-23-11-9-16(22-23)18(25)21-19-15(10-12-26-19)17(24)20-13(2)14-7-5-4-6-8-14/h4-13H,3H2,1-2H3,(H,20,24)(H,21,25)/t13-/m1/s1. The van der Waals surface area contributed by atoms with Crippen molar-refractivity contribution >= 4 is 28.2 Å². The van der Waals surface area contributed by atoms with E-state index in [1.807, 2.05) is 44.2 Å². The molecule has 0 fully saturated rings. The summed E-state index contributed by atoms with van der Waals surface area (Å²) in [7, 11) is 0. The lowest BCUT2D eigenvalue weighted by molar-refractivity contribution is 0.0941. The molecule has 3 aromatic rings. The van der Waals surface area contributed by atoms with Crippen LogP contribution in [-0.2, 0) is 6.54 Å². The molecule has 6 nitrogen and oxygen atoms in total. The zero-order valence-electron chi connectivity index (χ0n) is 14.6. The predicted molar refractivity (Wildman–Crippen MR) is 102 cm³/mol. The van der Waals surface area contributed by atoms with Crippen LogP contribution in [0.4, 0.5) is 5.00 Å². The molecule has 1 atom stereocenters. The van der Waals surface area contributed by atoms with Crippen LogP contribution in [0.1, 0.15) is 46.3 Å². The van der Waals surface area contributed by atoms with Crippen molar-refractivity contribution in [2.24, 2.45) is 0 Å². The van der Waals surface area contributed by atoms with Crippen molar-refractivity contribution in [3.05, 3.63) is 70.9 Å². The van der Waals surface area contributed by atoms with Gasteiger partial charge in [-0.05, 0) is 36.9 Å². The Bertz CT molecular complexity index is 901. The summed E-state index contributed by atoms with van der Waals surface area (Å²) in [6.45, 7) is 4.57. The summed E-state index contributed by atoms with van der Waals surface area (Å²) in [5, 5.41) is 12.2. The first-order valence-electron chi connectivity index (χ1n) is 8.36. The van der Waals surface area contributed by atoms with Gasteiger partial charge in [-0.2, -0.15) is 5.10 Å². The summed E-state index contributed by atoms with van der Waals surface area (Å²) in [5.74, 6) is -0.554. The molecule has 2 aromatic heterocycles. The van der Waals surface area contributed by atoms with Gasteiger partial charge >= 0.3 is 0 Å². The second-order valence-electron chi connectivity index (χ2n) is 5.78. The van der Waals surface area contributed by atoms with Crippen molar-refractivity contribution in [2.45, 2.75) is 26.4 Å². The number of hydrogen-bond donors (Lipinski definition) is 2. The van der Waals surface area contributed by atoms with Gasteiger partial charge in [0.15, 0.2) is 5.69 Å². The number of nitrogens with one attached hydrogen (secondary N) is 2. The normalized spacial score (nSPS) is 11.8. The van der Waals surface area contributed by atoms with E-state index in [-0.39, 0.29) is 17.9 Å². The van der Waals surface area contributed by atoms with Crippen LogP contribution in [0.2, 0.25) is 0 Å². The van der Waals surface area contributed by atoms with Crippen LogP contribution in [0.15, 0.2) is 54.0 Å². The summed E-state index contributed by atoms with van der Waals surface area (Å²) < 4.78 is 1.68. The lowest BCUT2D eigenvalue weighted by atomic mass is 10.1. The van der Waals surface area contributed by atoms with Gasteiger partial charge in [-0.15, -0.1) is 11.3 Å². The summed E-state index contributed by atoms with van der Waals surface area (Å²) in [5.41, 5.74) is 1.79. The Morgan fingerprint density at radius 2 is 1.92 bits per heavy atom. The van der Waals surface area contributed by atoms with Crippen molar-refractivity contribution in [3.8, 4) is 0 Å². The summed E-state index contributed by atoms with van der Waals surface area (Å²) >= 11 is 1.31. The Morgan fingerprint density at radius 3 is 2.62 bits per heavy atom. The monoisotopic (exact) mass is 368 g/mol. The van der Waals surface area contributed by atoms with Crippen LogP contribution in [0, 0.1) is 0 Å². The molecule has 0 saturated carbocycles. The van der Waals surface area contributed by atoms with Crippen molar-refractivity contribution in [1.82, 2.24) is 15.1 Å². The summed E-state index contributed by atoms with van der Waals surface area (Å²) in [4.78, 5) is 25.0. The van der Waals surface area contributed by atoms with E-state index in [1.54, 1.807) is 28.4 Å². The number of anilines is 1. The topological polar surface area (TPSA) is 76.0 Å². The molecule has 0 saturated heterocycles. The molecule has 134 valence electrons. The second kappa shape index (κ2) is 7.97. The number of amides is 2. The number of aromatic nitrogens is 2. The molecule has 2 heterocycles. The minimum absolute atomic E-state index is 0.132. The molecule has 0 aliphatic rings. The molecule has 3 rings (SSSR count). The molecule has 0 bridgehead atoms. The molecule has 0 aliphatic carbocycles. The molecule has 0 radical (unpaired) electrons. The van der Waals surface area contributed by atoms with Gasteiger partial charge in [-0.25, -0.2) is 0 Å². The average Bonchev–Trinajstić information content (AvgIpc) is 3.31. The number of aryl methyl sites for hydroxylation is 1. The molecule has 0 spiro atoms. The van der Waals surface area contributed by atoms with Crippen LogP contribution < -0.4 is 10.6 Å². The van der Waals surface area contributed by atoms with Gasteiger partial charge in [0.1, 0.15) is 5.00 Å². The van der Waals surface area contributed by atoms with Gasteiger partial charge in [0.25, 0.3) is 11.8 Å². The Hall–Kier alpha value is -2.93. The van der Waals surface area contributed by atoms with E-state index >= 15 is 0 Å². The number of carbonyl (C=O) groups excluding carboxylic acids is 2. The maximum absolute atomic E-state index is 12.6. The maximum atomic E-state index is 12.6. The third kappa shape index (κ3) is 4.00. The first-order valence-corrected chi connectivity index (χ1v) is 9.24. The molecule has 0 unspecified atom stereocenters. The first-order chi connectivity index (χ1) is 12.6. The maximum Gasteiger partial charge on any atom is 0.276 e. The molecule has 2 amide bonds. The van der Waals surface area contributed by atoms with E-state index in [9.17, 15) is 9.59 Å². The fourth-order valence-corrected chi connectivity index (χ4v) is 3.29. The van der Waals surface area contributed by atoms with Crippen LogP contribution >= 0.6 is 11.3 Å². The van der Waals surface area contributed by atoms with Crippen molar-refractivity contribution in [3.63, 3.8) is 0 Å². The number of hydrogen-bond acceptors (Lipinski definition) is 4. The van der Waals surface area contributed by atoms with Crippen molar-refractivity contribution in [2.75, 3.05) is 5.32 Å². The number of thiophene rings is 1. The van der Waals surface area contributed by atoms with Gasteiger partial charge < -0.3 is 10.6 Å². The predicted octanol–water partition coefficient (Wildman–Crippen LogP) is 3.71. The highest BCUT2D eigenvalue weighted by molar-refractivity contribution is 7.14. The number of rotatable bonds is 6. The highest BCUT2D eigenvalue weighted by Crippen LogP contribution is 2.24. The Morgan fingerprint density at radius 1 is 1.15 bits per heavy atom. The third-order valence-electron chi connectivity index (χ3n) is 3.98. The van der Waals surface area contributed by atoms with Crippen molar-refractivity contribution in [1.29, 1.82) is 0 Å². The molecule has 26 heavy (non-hydrogen) atoms. The van der Waals surface area contributed by atoms with Crippen LogP contribution in [0.3, 0.4) is 0 Å². The Kier molecular flexibility index (Phi) is 5.48. The van der Waals surface area contributed by atoms with Gasteiger partial charge in [0.2, 0.25) is 0 Å². The average molecular weight is 368 g/mol. The third-order valence-corrected chi connectivity index (χ3v) is 4.81. The largest absolute Gasteiger partial charge is 0.345 e. The lowest BCUT2D eigenvalue weighted by Gasteiger charge is -2.14. The lowest BCUT2D eigenvalue weighted by Crippen LogP contribution is -2.27. The highest BCUT2D eigenvalue weighted by atomic mass is 32.1. The van der Waals surface area contributed by atoms with E-state index in [4.69, 9.17) is 0 Å². The Labute approximate surface area is 155 Å². The summed E-state index contributed by atoms with van der Waals surface area (Å²) in [6, 6.07) is 13.0. The van der Waals surface area contributed by atoms with E-state index in [2.05, 4.69) is 15.7 Å². The van der Waals surface area contributed by atoms with Gasteiger partial charge in [0, 0.05) is 12.7 Å². The molecule has 1 aromatic carbocycles. The van der Waals surface area contributed by atoms with Gasteiger partial charge in [-0.3, -0.25) is 14.3 Å². The minimum atomic E-state index is -0.329. The fraction of sp³-hybridized carbons (Fsp3) is 0.211. The second-order valence-corrected chi connectivity index (χ2v) is 6.70. The zero-order chi connectivity index (χ0) is 18.5. The first kappa shape index (κ1) is 17.9. The SMILES string of the molecule is CCn1ccc(C(=O)Nc2sccc2C(=O)N[C@H](C)c2ccccc2)n1. The van der Waals surface area contributed by atoms with Crippen LogP contribution in [0.5, 0.6) is 0 Å². The Balaban J connectivity index is 1.69. The molecule has 2 N–H and O–H groups in total. The molecule has 0 aliphatic heterocycles. The van der Waals surface area contributed by atoms with E-state index < -0.39 is 0 Å². The van der Waals surface area contributed by atoms with Crippen LogP contribution in [-0.4, -0.2) is 21.6 Å². The number of carbonyl (C=O) groups is 2. The molecular formula is C19H20N4O2S. The number of benzene rings is 1. The highest BCUT2D eigenvalue weighted by Gasteiger charge is 2.19. The molecule has 7 heteroatoms.